The maximum atomic E-state index is 6.22. The first-order valence-corrected chi connectivity index (χ1v) is 10.4. The van der Waals surface area contributed by atoms with Gasteiger partial charge in [-0.1, -0.05) is 54.6 Å². The Labute approximate surface area is 162 Å². The SMILES string of the molecule is CC(C)OC[P+](c1ccccc1)(c1ccccc1)c1ccccc1.[Br-]. The van der Waals surface area contributed by atoms with Crippen molar-refractivity contribution in [2.45, 2.75) is 20.0 Å². The Hall–Kier alpha value is -1.47. The predicted octanol–water partition coefficient (Wildman–Crippen LogP) is 1.37. The second kappa shape index (κ2) is 9.29. The highest BCUT2D eigenvalue weighted by molar-refractivity contribution is 7.95. The zero-order valence-electron chi connectivity index (χ0n) is 14.7. The van der Waals surface area contributed by atoms with Crippen molar-refractivity contribution < 1.29 is 21.7 Å². The van der Waals surface area contributed by atoms with Crippen LogP contribution < -0.4 is 32.9 Å². The molecular formula is C22H24BrOP. The Bertz CT molecular complexity index is 648. The van der Waals surface area contributed by atoms with Gasteiger partial charge in [0.2, 0.25) is 0 Å². The molecule has 0 bridgehead atoms. The molecule has 25 heavy (non-hydrogen) atoms. The molecule has 0 aliphatic heterocycles. The number of benzene rings is 3. The fraction of sp³-hybridized carbons (Fsp3) is 0.182. The van der Waals surface area contributed by atoms with E-state index in [1.807, 2.05) is 0 Å². The van der Waals surface area contributed by atoms with Crippen molar-refractivity contribution in [3.05, 3.63) is 91.0 Å². The van der Waals surface area contributed by atoms with Crippen LogP contribution in [0.3, 0.4) is 0 Å². The summed E-state index contributed by atoms with van der Waals surface area (Å²) in [4.78, 5) is 0. The lowest BCUT2D eigenvalue weighted by molar-refractivity contribution is -0.00000631. The third-order valence-corrected chi connectivity index (χ3v) is 8.27. The van der Waals surface area contributed by atoms with Crippen LogP contribution in [0.15, 0.2) is 91.0 Å². The highest BCUT2D eigenvalue weighted by atomic mass is 79.9. The van der Waals surface area contributed by atoms with Gasteiger partial charge in [0.1, 0.15) is 23.2 Å². The average molecular weight is 415 g/mol. The summed E-state index contributed by atoms with van der Waals surface area (Å²) in [6, 6.07) is 32.5. The number of hydrogen-bond donors (Lipinski definition) is 0. The minimum absolute atomic E-state index is 0. The maximum Gasteiger partial charge on any atom is 0.171 e. The molecule has 0 saturated carbocycles. The minimum atomic E-state index is -1.83. The molecule has 3 aromatic carbocycles. The van der Waals surface area contributed by atoms with E-state index in [4.69, 9.17) is 4.74 Å². The van der Waals surface area contributed by atoms with Crippen LogP contribution >= 0.6 is 7.26 Å². The van der Waals surface area contributed by atoms with Gasteiger partial charge in [0.05, 0.1) is 6.10 Å². The second-order valence-electron chi connectivity index (χ2n) is 6.16. The molecule has 0 heterocycles. The standard InChI is InChI=1S/C22H24OP.BrH/c1-19(2)23-18-24(20-12-6-3-7-13-20,21-14-8-4-9-15-21)22-16-10-5-11-17-22;/h3-17,19H,18H2,1-2H3;1H/q+1;/p-1. The quantitative estimate of drug-likeness (QED) is 0.553. The summed E-state index contributed by atoms with van der Waals surface area (Å²) in [5.74, 6) is 0. The van der Waals surface area contributed by atoms with Crippen molar-refractivity contribution in [1.82, 2.24) is 0 Å². The van der Waals surface area contributed by atoms with Gasteiger partial charge in [0.15, 0.2) is 6.35 Å². The summed E-state index contributed by atoms with van der Waals surface area (Å²) in [7, 11) is -1.83. The van der Waals surface area contributed by atoms with E-state index in [2.05, 4.69) is 105 Å². The molecule has 0 fully saturated rings. The summed E-state index contributed by atoms with van der Waals surface area (Å²) < 4.78 is 6.22. The first-order valence-electron chi connectivity index (χ1n) is 8.40. The fourth-order valence-electron chi connectivity index (χ4n) is 2.98. The molecule has 0 unspecified atom stereocenters. The molecule has 1 nitrogen and oxygen atoms in total. The third kappa shape index (κ3) is 4.39. The Morgan fingerprint density at radius 1 is 0.640 bits per heavy atom. The lowest BCUT2D eigenvalue weighted by atomic mass is 10.4. The zero-order valence-corrected chi connectivity index (χ0v) is 17.2. The molecule has 0 aliphatic carbocycles. The van der Waals surface area contributed by atoms with Crippen LogP contribution in [0.5, 0.6) is 0 Å². The number of hydrogen-bond acceptors (Lipinski definition) is 1. The van der Waals surface area contributed by atoms with E-state index in [-0.39, 0.29) is 23.1 Å². The molecule has 0 spiro atoms. The van der Waals surface area contributed by atoms with Crippen LogP contribution in [0.1, 0.15) is 13.8 Å². The molecule has 0 atom stereocenters. The predicted molar refractivity (Wildman–Crippen MR) is 106 cm³/mol. The van der Waals surface area contributed by atoms with Crippen LogP contribution in [0.4, 0.5) is 0 Å². The lowest BCUT2D eigenvalue weighted by Crippen LogP contribution is -3.00. The zero-order chi connectivity index (χ0) is 16.8. The fourth-order valence-corrected chi connectivity index (χ4v) is 6.89. The Balaban J connectivity index is 0.00000225. The number of halogens is 1. The summed E-state index contributed by atoms with van der Waals surface area (Å²) in [6.45, 7) is 4.21. The van der Waals surface area contributed by atoms with E-state index in [1.165, 1.54) is 15.9 Å². The van der Waals surface area contributed by atoms with Crippen LogP contribution in [0, 0.1) is 0 Å². The summed E-state index contributed by atoms with van der Waals surface area (Å²) in [5.41, 5.74) is 0. The van der Waals surface area contributed by atoms with Crippen LogP contribution in [0.2, 0.25) is 0 Å². The van der Waals surface area contributed by atoms with Gasteiger partial charge in [-0.2, -0.15) is 0 Å². The van der Waals surface area contributed by atoms with Crippen molar-refractivity contribution in [2.24, 2.45) is 0 Å². The third-order valence-electron chi connectivity index (χ3n) is 4.19. The van der Waals surface area contributed by atoms with E-state index >= 15 is 0 Å². The van der Waals surface area contributed by atoms with Crippen molar-refractivity contribution >= 4 is 23.2 Å². The molecule has 0 saturated heterocycles. The van der Waals surface area contributed by atoms with Crippen molar-refractivity contribution in [3.8, 4) is 0 Å². The monoisotopic (exact) mass is 414 g/mol. The van der Waals surface area contributed by atoms with Gasteiger partial charge in [-0.3, -0.25) is 0 Å². The maximum absolute atomic E-state index is 6.22. The molecular weight excluding hydrogens is 391 g/mol. The normalized spacial score (nSPS) is 11.2. The molecule has 130 valence electrons. The van der Waals surface area contributed by atoms with E-state index < -0.39 is 7.26 Å². The largest absolute Gasteiger partial charge is 1.00 e. The molecule has 0 radical (unpaired) electrons. The lowest BCUT2D eigenvalue weighted by Gasteiger charge is -2.28. The van der Waals surface area contributed by atoms with Crippen molar-refractivity contribution in [1.29, 1.82) is 0 Å². The Morgan fingerprint density at radius 3 is 1.24 bits per heavy atom. The number of ether oxygens (including phenoxy) is 1. The van der Waals surface area contributed by atoms with Crippen LogP contribution in [-0.2, 0) is 4.74 Å². The summed E-state index contributed by atoms with van der Waals surface area (Å²) in [5, 5.41) is 4.09. The first kappa shape index (κ1) is 19.8. The molecule has 0 aromatic heterocycles. The van der Waals surface area contributed by atoms with Gasteiger partial charge in [-0.15, -0.1) is 0 Å². The van der Waals surface area contributed by atoms with Gasteiger partial charge >= 0.3 is 0 Å². The molecule has 3 heteroatoms. The molecule has 0 N–H and O–H groups in total. The number of rotatable bonds is 6. The molecule has 0 aliphatic rings. The molecule has 3 rings (SSSR count). The van der Waals surface area contributed by atoms with E-state index in [0.29, 0.717) is 0 Å². The highest BCUT2D eigenvalue weighted by Gasteiger charge is 2.45. The topological polar surface area (TPSA) is 9.23 Å². The van der Waals surface area contributed by atoms with Gasteiger partial charge in [-0.25, -0.2) is 0 Å². The van der Waals surface area contributed by atoms with Crippen molar-refractivity contribution in [3.63, 3.8) is 0 Å². The minimum Gasteiger partial charge on any atom is -1.00 e. The van der Waals surface area contributed by atoms with E-state index in [1.54, 1.807) is 0 Å². The van der Waals surface area contributed by atoms with Crippen LogP contribution in [-0.4, -0.2) is 12.5 Å². The van der Waals surface area contributed by atoms with Crippen LogP contribution in [0.25, 0.3) is 0 Å². The van der Waals surface area contributed by atoms with Gasteiger partial charge in [0.25, 0.3) is 0 Å². The van der Waals surface area contributed by atoms with E-state index in [9.17, 15) is 0 Å². The van der Waals surface area contributed by atoms with Crippen molar-refractivity contribution in [2.75, 3.05) is 6.35 Å². The summed E-state index contributed by atoms with van der Waals surface area (Å²) in [6.07, 6.45) is 0.934. The van der Waals surface area contributed by atoms with Gasteiger partial charge in [0, 0.05) is 0 Å². The molecule has 0 amide bonds. The smallest absolute Gasteiger partial charge is 0.171 e. The second-order valence-corrected chi connectivity index (χ2v) is 9.59. The Morgan fingerprint density at radius 2 is 0.960 bits per heavy atom. The van der Waals surface area contributed by atoms with Gasteiger partial charge in [-0.05, 0) is 50.2 Å². The molecule has 3 aromatic rings. The average Bonchev–Trinajstić information content (AvgIpc) is 2.65. The van der Waals surface area contributed by atoms with E-state index in [0.717, 1.165) is 6.35 Å². The summed E-state index contributed by atoms with van der Waals surface area (Å²) >= 11 is 0. The highest BCUT2D eigenvalue weighted by Crippen LogP contribution is 2.55. The van der Waals surface area contributed by atoms with Gasteiger partial charge < -0.3 is 21.7 Å². The first-order chi connectivity index (χ1) is 11.7. The Kier molecular flexibility index (Phi) is 7.38.